The Balaban J connectivity index is 1.11. The molecule has 2 aromatic rings. The summed E-state index contributed by atoms with van der Waals surface area (Å²) < 4.78 is 70.1. The standard InChI is InChI=1S/C39H54O22/c1-50-19-5-15(6-20(51-2)32(19)59-36-29(47)27(45)25(43)23(9-40)57-36)30-17-11-55-31(18(17)12-54-30)16-7-21(52-3)33(22(8-16)53-4)60-37-34(28(46)26(44)24(10-41)58-37)61-38-35(48)39(49,13-42)14-56-38/h5-8,17-18,23-31,34-38,40-49H,9-14H2,1-4H3/t17-,18-,23-,24-,25-,26-,27+,28+,29-,30+,31+,34-,35+,36+,37+,38+,39-/m1/s1. The molecule has 5 aliphatic heterocycles. The van der Waals surface area contributed by atoms with Crippen LogP contribution in [0.15, 0.2) is 24.3 Å². The molecule has 0 bridgehead atoms. The van der Waals surface area contributed by atoms with Gasteiger partial charge >= 0.3 is 0 Å². The van der Waals surface area contributed by atoms with Crippen LogP contribution in [-0.2, 0) is 28.4 Å². The van der Waals surface area contributed by atoms with Crippen LogP contribution in [0.2, 0.25) is 0 Å². The molecule has 0 saturated carbocycles. The molecule has 342 valence electrons. The van der Waals surface area contributed by atoms with Gasteiger partial charge in [-0.3, -0.25) is 0 Å². The Morgan fingerprint density at radius 2 is 1.02 bits per heavy atom. The Hall–Kier alpha value is -3.40. The van der Waals surface area contributed by atoms with Gasteiger partial charge in [0.05, 0.1) is 80.3 Å². The van der Waals surface area contributed by atoms with E-state index in [1.54, 1.807) is 24.3 Å². The van der Waals surface area contributed by atoms with Gasteiger partial charge in [-0.1, -0.05) is 0 Å². The first kappa shape index (κ1) is 45.6. The third-order valence-electron chi connectivity index (χ3n) is 11.9. The molecule has 61 heavy (non-hydrogen) atoms. The minimum atomic E-state index is -2.05. The maximum atomic E-state index is 11.1. The van der Waals surface area contributed by atoms with E-state index in [2.05, 4.69) is 0 Å². The van der Waals surface area contributed by atoms with Gasteiger partial charge < -0.3 is 108 Å². The zero-order valence-corrected chi connectivity index (χ0v) is 33.7. The summed E-state index contributed by atoms with van der Waals surface area (Å²) in [5.74, 6) is 0.269. The number of hydrogen-bond donors (Lipinski definition) is 10. The lowest BCUT2D eigenvalue weighted by molar-refractivity contribution is -0.319. The third kappa shape index (κ3) is 8.42. The number of benzene rings is 2. The zero-order chi connectivity index (χ0) is 43.9. The van der Waals surface area contributed by atoms with Gasteiger partial charge in [0.1, 0.15) is 54.4 Å². The van der Waals surface area contributed by atoms with E-state index < -0.39 is 118 Å². The summed E-state index contributed by atoms with van der Waals surface area (Å²) in [7, 11) is 5.56. The number of aliphatic hydroxyl groups excluding tert-OH is 9. The van der Waals surface area contributed by atoms with E-state index in [0.29, 0.717) is 11.1 Å². The maximum Gasteiger partial charge on any atom is 0.230 e. The maximum absolute atomic E-state index is 11.1. The monoisotopic (exact) mass is 874 g/mol. The van der Waals surface area contributed by atoms with Gasteiger partial charge in [-0.05, 0) is 35.4 Å². The van der Waals surface area contributed by atoms with Crippen molar-refractivity contribution >= 4 is 0 Å². The van der Waals surface area contributed by atoms with Crippen molar-refractivity contribution in [2.24, 2.45) is 11.8 Å². The first-order valence-electron chi connectivity index (χ1n) is 19.6. The molecule has 22 heteroatoms. The van der Waals surface area contributed by atoms with E-state index >= 15 is 0 Å². The summed E-state index contributed by atoms with van der Waals surface area (Å²) in [5, 5.41) is 103. The molecule has 7 rings (SSSR count). The van der Waals surface area contributed by atoms with E-state index in [1.165, 1.54) is 28.4 Å². The normalized spacial score (nSPS) is 39.8. The molecule has 22 nitrogen and oxygen atoms in total. The molecule has 0 spiro atoms. The largest absolute Gasteiger partial charge is 0.493 e. The number of aliphatic hydroxyl groups is 10. The second kappa shape index (κ2) is 18.8. The van der Waals surface area contributed by atoms with Crippen LogP contribution in [0, 0.1) is 11.8 Å². The summed E-state index contributed by atoms with van der Waals surface area (Å²) in [4.78, 5) is 0. The fraction of sp³-hybridized carbons (Fsp3) is 0.692. The molecule has 0 amide bonds. The van der Waals surface area contributed by atoms with Gasteiger partial charge in [0.15, 0.2) is 35.4 Å². The van der Waals surface area contributed by atoms with Crippen molar-refractivity contribution in [3.05, 3.63) is 35.4 Å². The van der Waals surface area contributed by atoms with Crippen LogP contribution in [0.1, 0.15) is 23.3 Å². The van der Waals surface area contributed by atoms with Gasteiger partial charge in [-0.15, -0.1) is 0 Å². The zero-order valence-electron chi connectivity index (χ0n) is 33.7. The first-order valence-corrected chi connectivity index (χ1v) is 19.6. The molecule has 5 fully saturated rings. The van der Waals surface area contributed by atoms with Gasteiger partial charge in [0.25, 0.3) is 0 Å². The van der Waals surface area contributed by atoms with Crippen molar-refractivity contribution < 1.29 is 108 Å². The molecule has 0 radical (unpaired) electrons. The SMILES string of the molecule is COc1cc([C@@H]2OC[C@@H]3[C@H]2CO[C@H]3c2cc(OC)c(O[C@@H]3O[C@H](CO)[C@@H](O)[C@H](O)[C@H]3O[C@@H]3OC[C@](O)(CO)[C@H]3O)c(OC)c2)cc(OC)c1O[C@@H]1O[C@H](CO)[C@@H](O)[C@H](O)[C@H]1O. The number of hydrogen-bond acceptors (Lipinski definition) is 22. The van der Waals surface area contributed by atoms with E-state index in [1.807, 2.05) is 0 Å². The fourth-order valence-corrected chi connectivity index (χ4v) is 8.35. The Bertz CT molecular complexity index is 1750. The molecule has 17 atom stereocenters. The van der Waals surface area contributed by atoms with E-state index in [-0.39, 0.29) is 59.5 Å². The quantitative estimate of drug-likeness (QED) is 0.0835. The Kier molecular flexibility index (Phi) is 14.0. The smallest absolute Gasteiger partial charge is 0.230 e. The van der Waals surface area contributed by atoms with E-state index in [4.69, 9.17) is 56.8 Å². The average Bonchev–Trinajstić information content (AvgIpc) is 3.97. The predicted molar refractivity (Wildman–Crippen MR) is 199 cm³/mol. The molecular weight excluding hydrogens is 820 g/mol. The lowest BCUT2D eigenvalue weighted by Crippen LogP contribution is -2.62. The number of methoxy groups -OCH3 is 4. The van der Waals surface area contributed by atoms with Crippen LogP contribution in [0.3, 0.4) is 0 Å². The molecule has 0 unspecified atom stereocenters. The van der Waals surface area contributed by atoms with Crippen LogP contribution in [0.25, 0.3) is 0 Å². The van der Waals surface area contributed by atoms with Crippen LogP contribution in [0.5, 0.6) is 34.5 Å². The van der Waals surface area contributed by atoms with Gasteiger partial charge in [-0.25, -0.2) is 0 Å². The van der Waals surface area contributed by atoms with E-state index in [9.17, 15) is 51.1 Å². The molecule has 5 saturated heterocycles. The predicted octanol–water partition coefficient (Wildman–Crippen LogP) is -3.38. The Labute approximate surface area is 349 Å². The lowest BCUT2D eigenvalue weighted by Gasteiger charge is -2.42. The summed E-state index contributed by atoms with van der Waals surface area (Å²) in [6.07, 6.45) is -19.9. The van der Waals surface area contributed by atoms with Crippen molar-refractivity contribution in [2.75, 3.05) is 68.1 Å². The van der Waals surface area contributed by atoms with Gasteiger partial charge in [0, 0.05) is 11.8 Å². The van der Waals surface area contributed by atoms with Crippen molar-refractivity contribution in [1.82, 2.24) is 0 Å². The minimum absolute atomic E-state index is 0.0207. The van der Waals surface area contributed by atoms with Crippen LogP contribution < -0.4 is 28.4 Å². The highest BCUT2D eigenvalue weighted by atomic mass is 16.8. The van der Waals surface area contributed by atoms with E-state index in [0.717, 1.165) is 0 Å². The van der Waals surface area contributed by atoms with Crippen LogP contribution >= 0.6 is 0 Å². The lowest BCUT2D eigenvalue weighted by atomic mass is 9.84. The highest BCUT2D eigenvalue weighted by molar-refractivity contribution is 5.56. The molecule has 0 aliphatic carbocycles. The second-order valence-electron chi connectivity index (χ2n) is 15.5. The summed E-state index contributed by atoms with van der Waals surface area (Å²) >= 11 is 0. The molecule has 10 N–H and O–H groups in total. The Morgan fingerprint density at radius 1 is 0.574 bits per heavy atom. The van der Waals surface area contributed by atoms with Crippen LogP contribution in [0.4, 0.5) is 0 Å². The van der Waals surface area contributed by atoms with Crippen molar-refractivity contribution in [1.29, 1.82) is 0 Å². The molecule has 5 heterocycles. The van der Waals surface area contributed by atoms with Gasteiger partial charge in [-0.2, -0.15) is 0 Å². The first-order chi connectivity index (χ1) is 29.2. The second-order valence-corrected chi connectivity index (χ2v) is 15.5. The number of ether oxygens (including phenoxy) is 12. The Morgan fingerprint density at radius 3 is 1.44 bits per heavy atom. The fourth-order valence-electron chi connectivity index (χ4n) is 8.35. The molecular formula is C39H54O22. The van der Waals surface area contributed by atoms with Crippen molar-refractivity contribution in [3.63, 3.8) is 0 Å². The van der Waals surface area contributed by atoms with Crippen molar-refractivity contribution in [3.8, 4) is 34.5 Å². The number of rotatable bonds is 15. The average molecular weight is 875 g/mol. The topological polar surface area (TPSA) is 313 Å². The summed E-state index contributed by atoms with van der Waals surface area (Å²) in [6, 6.07) is 6.67. The molecule has 2 aromatic carbocycles. The van der Waals surface area contributed by atoms with Crippen molar-refractivity contribution in [2.45, 2.75) is 91.6 Å². The number of fused-ring (bicyclic) bond motifs is 1. The third-order valence-corrected chi connectivity index (χ3v) is 11.9. The molecule has 0 aromatic heterocycles. The summed E-state index contributed by atoms with van der Waals surface area (Å²) in [5.41, 5.74) is -0.774. The highest BCUT2D eigenvalue weighted by Crippen LogP contribution is 2.54. The minimum Gasteiger partial charge on any atom is -0.493 e. The summed E-state index contributed by atoms with van der Waals surface area (Å²) in [6.45, 7) is -2.16. The van der Waals surface area contributed by atoms with Crippen LogP contribution in [-0.4, -0.2) is 199 Å². The molecule has 5 aliphatic rings. The van der Waals surface area contributed by atoms with Gasteiger partial charge in [0.2, 0.25) is 24.1 Å². The highest BCUT2D eigenvalue weighted by Gasteiger charge is 2.54.